The Hall–Kier alpha value is -0.780. The van der Waals surface area contributed by atoms with Gasteiger partial charge in [-0.15, -0.1) is 4.28 Å². The molecule has 6 heteroatoms. The first kappa shape index (κ1) is 9.31. The zero-order chi connectivity index (χ0) is 9.03. The molecule has 1 aromatic carbocycles. The van der Waals surface area contributed by atoms with Gasteiger partial charge < -0.3 is 0 Å². The minimum Gasteiger partial charge on any atom is -0.248 e. The van der Waals surface area contributed by atoms with Crippen LogP contribution in [0.4, 0.5) is 5.69 Å². The number of anilines is 1. The molecule has 0 bridgehead atoms. The molecule has 0 aliphatic heterocycles. The number of para-hydroxylation sites is 1. The normalized spacial score (nSPS) is 11.1. The van der Waals surface area contributed by atoms with Gasteiger partial charge in [-0.25, -0.2) is 5.48 Å². The van der Waals surface area contributed by atoms with Crippen molar-refractivity contribution in [1.82, 2.24) is 0 Å². The molecule has 0 heterocycles. The van der Waals surface area contributed by atoms with Crippen LogP contribution in [-0.2, 0) is 13.6 Å². The minimum atomic E-state index is -3.96. The molecule has 0 aliphatic rings. The van der Waals surface area contributed by atoms with E-state index in [0.29, 0.717) is 5.69 Å². The molecule has 1 rings (SSSR count). The van der Waals surface area contributed by atoms with Crippen LogP contribution in [0.5, 0.6) is 0 Å². The lowest BCUT2D eigenvalue weighted by molar-refractivity contribution is 0.404. The maximum absolute atomic E-state index is 10.3. The fourth-order valence-corrected chi connectivity index (χ4v) is 0.894. The topological polar surface area (TPSA) is 55.4 Å². The van der Waals surface area contributed by atoms with E-state index in [4.69, 9.17) is 10.7 Å². The number of rotatable bonds is 3. The van der Waals surface area contributed by atoms with E-state index in [1.807, 2.05) is 0 Å². The Morgan fingerprint density at radius 3 is 2.33 bits per heavy atom. The lowest BCUT2D eigenvalue weighted by Gasteiger charge is -2.01. The van der Waals surface area contributed by atoms with Crippen molar-refractivity contribution in [3.8, 4) is 0 Å². The summed E-state index contributed by atoms with van der Waals surface area (Å²) in [5, 5.41) is 0. The fourth-order valence-electron chi connectivity index (χ4n) is 0.604. The highest BCUT2D eigenvalue weighted by Crippen LogP contribution is 2.07. The third-order valence-electron chi connectivity index (χ3n) is 1.03. The lowest BCUT2D eigenvalue weighted by Crippen LogP contribution is -2.04. The van der Waals surface area contributed by atoms with Crippen LogP contribution in [0.1, 0.15) is 0 Å². The van der Waals surface area contributed by atoms with Crippen molar-refractivity contribution in [1.29, 1.82) is 0 Å². The molecule has 0 radical (unpaired) electrons. The van der Waals surface area contributed by atoms with Crippen molar-refractivity contribution >= 4 is 25.7 Å². The molecule has 0 unspecified atom stereocenters. The van der Waals surface area contributed by atoms with Crippen LogP contribution in [0.15, 0.2) is 30.3 Å². The van der Waals surface area contributed by atoms with E-state index in [9.17, 15) is 8.42 Å². The molecule has 0 saturated carbocycles. The van der Waals surface area contributed by atoms with E-state index in [-0.39, 0.29) is 0 Å². The summed E-state index contributed by atoms with van der Waals surface area (Å²) in [7, 11) is 0.809. The van der Waals surface area contributed by atoms with Crippen LogP contribution in [0.3, 0.4) is 0 Å². The summed E-state index contributed by atoms with van der Waals surface area (Å²) < 4.78 is 24.7. The Kier molecular flexibility index (Phi) is 2.91. The van der Waals surface area contributed by atoms with Gasteiger partial charge in [0.15, 0.2) is 0 Å². The Morgan fingerprint density at radius 1 is 1.25 bits per heavy atom. The molecule has 0 atom stereocenters. The number of hydrogen-bond donors (Lipinski definition) is 1. The van der Waals surface area contributed by atoms with Crippen LogP contribution in [-0.4, -0.2) is 8.42 Å². The van der Waals surface area contributed by atoms with Gasteiger partial charge in [0, 0.05) is 0 Å². The second-order valence-electron chi connectivity index (χ2n) is 1.94. The van der Waals surface area contributed by atoms with Gasteiger partial charge >= 0.3 is 9.33 Å². The lowest BCUT2D eigenvalue weighted by atomic mass is 10.3. The van der Waals surface area contributed by atoms with E-state index >= 15 is 0 Å². The van der Waals surface area contributed by atoms with E-state index in [1.54, 1.807) is 30.3 Å². The summed E-state index contributed by atoms with van der Waals surface area (Å²) in [5.74, 6) is 0. The molecular weight excluding hydrogens is 202 g/mol. The van der Waals surface area contributed by atoms with E-state index in [0.717, 1.165) is 0 Å². The number of nitrogens with one attached hydrogen (secondary N) is 1. The standard InChI is InChI=1S/C6H6ClNO3S/c7-12(9,10)11-8-6-4-2-1-3-5-6/h1-5,8H. The summed E-state index contributed by atoms with van der Waals surface area (Å²) in [5.41, 5.74) is 2.68. The zero-order valence-corrected chi connectivity index (χ0v) is 7.47. The van der Waals surface area contributed by atoms with Crippen LogP contribution in [0, 0.1) is 0 Å². The average molecular weight is 208 g/mol. The number of benzene rings is 1. The zero-order valence-electron chi connectivity index (χ0n) is 5.90. The summed E-state index contributed by atoms with van der Waals surface area (Å²) >= 11 is 0. The highest BCUT2D eigenvalue weighted by atomic mass is 35.7. The summed E-state index contributed by atoms with van der Waals surface area (Å²) in [6.45, 7) is 0. The van der Waals surface area contributed by atoms with Gasteiger partial charge in [0.1, 0.15) is 0 Å². The van der Waals surface area contributed by atoms with Crippen molar-refractivity contribution in [3.63, 3.8) is 0 Å². The van der Waals surface area contributed by atoms with Gasteiger partial charge in [0.2, 0.25) is 0 Å². The highest BCUT2D eigenvalue weighted by Gasteiger charge is 2.03. The first-order chi connectivity index (χ1) is 5.58. The van der Waals surface area contributed by atoms with Crippen molar-refractivity contribution in [3.05, 3.63) is 30.3 Å². The molecule has 0 aromatic heterocycles. The van der Waals surface area contributed by atoms with Crippen LogP contribution >= 0.6 is 10.7 Å². The smallest absolute Gasteiger partial charge is 0.248 e. The van der Waals surface area contributed by atoms with Gasteiger partial charge in [0.25, 0.3) is 0 Å². The van der Waals surface area contributed by atoms with Crippen molar-refractivity contribution in [2.45, 2.75) is 0 Å². The summed E-state index contributed by atoms with van der Waals surface area (Å²) in [4.78, 5) is 0. The number of halogens is 1. The Morgan fingerprint density at radius 2 is 1.83 bits per heavy atom. The van der Waals surface area contributed by atoms with Gasteiger partial charge in [0.05, 0.1) is 16.4 Å². The van der Waals surface area contributed by atoms with E-state index in [1.165, 1.54) is 0 Å². The molecular formula is C6H6ClNO3S. The van der Waals surface area contributed by atoms with Crippen LogP contribution < -0.4 is 5.48 Å². The number of hydrogen-bond acceptors (Lipinski definition) is 4. The fraction of sp³-hybridized carbons (Fsp3) is 0. The maximum atomic E-state index is 10.3. The molecule has 0 amide bonds. The van der Waals surface area contributed by atoms with Gasteiger partial charge in [-0.05, 0) is 12.1 Å². The third kappa shape index (κ3) is 3.56. The third-order valence-corrected chi connectivity index (χ3v) is 1.50. The van der Waals surface area contributed by atoms with Gasteiger partial charge in [-0.2, -0.15) is 8.42 Å². The molecule has 0 fully saturated rings. The van der Waals surface area contributed by atoms with E-state index in [2.05, 4.69) is 9.76 Å². The van der Waals surface area contributed by atoms with E-state index < -0.39 is 9.33 Å². The second-order valence-corrected chi connectivity index (χ2v) is 4.03. The van der Waals surface area contributed by atoms with Crippen molar-refractivity contribution in [2.24, 2.45) is 0 Å². The Bertz CT molecular complexity index is 337. The first-order valence-corrected chi connectivity index (χ1v) is 5.25. The molecule has 0 aliphatic carbocycles. The average Bonchev–Trinajstić information content (AvgIpc) is 2.02. The predicted molar refractivity (Wildman–Crippen MR) is 45.9 cm³/mol. The molecule has 1 N–H and O–H groups in total. The largest absolute Gasteiger partial charge is 0.376 e. The van der Waals surface area contributed by atoms with Gasteiger partial charge in [-0.1, -0.05) is 18.2 Å². The summed E-state index contributed by atoms with van der Waals surface area (Å²) in [6, 6.07) is 8.53. The molecule has 4 nitrogen and oxygen atoms in total. The SMILES string of the molecule is O=S(=O)(Cl)ONc1ccccc1. The monoisotopic (exact) mass is 207 g/mol. The molecule has 66 valence electrons. The molecule has 0 spiro atoms. The quantitative estimate of drug-likeness (QED) is 0.603. The predicted octanol–water partition coefficient (Wildman–Crippen LogP) is 1.51. The van der Waals surface area contributed by atoms with Crippen LogP contribution in [0.2, 0.25) is 0 Å². The van der Waals surface area contributed by atoms with Gasteiger partial charge in [-0.3, -0.25) is 0 Å². The Balaban J connectivity index is 2.56. The molecule has 0 saturated heterocycles. The van der Waals surface area contributed by atoms with Crippen molar-refractivity contribution in [2.75, 3.05) is 5.48 Å². The van der Waals surface area contributed by atoms with Crippen LogP contribution in [0.25, 0.3) is 0 Å². The molecule has 1 aromatic rings. The second kappa shape index (κ2) is 3.75. The molecule has 12 heavy (non-hydrogen) atoms. The highest BCUT2D eigenvalue weighted by molar-refractivity contribution is 8.10. The summed E-state index contributed by atoms with van der Waals surface area (Å²) in [6.07, 6.45) is 0. The maximum Gasteiger partial charge on any atom is 0.376 e. The Labute approximate surface area is 74.7 Å². The van der Waals surface area contributed by atoms with Crippen molar-refractivity contribution < 1.29 is 12.7 Å². The minimum absolute atomic E-state index is 0.515. The first-order valence-electron chi connectivity index (χ1n) is 3.02.